The summed E-state index contributed by atoms with van der Waals surface area (Å²) in [6.45, 7) is 1.83. The Kier molecular flexibility index (Phi) is 7.77. The van der Waals surface area contributed by atoms with Gasteiger partial charge in [0.2, 0.25) is 5.91 Å². The topological polar surface area (TPSA) is 78.7 Å². The van der Waals surface area contributed by atoms with Gasteiger partial charge in [0, 0.05) is 50.6 Å². The second kappa shape index (κ2) is 10.3. The molecule has 3 rings (SSSR count). The van der Waals surface area contributed by atoms with Gasteiger partial charge in [0.25, 0.3) is 5.92 Å². The zero-order valence-electron chi connectivity index (χ0n) is 17.4. The van der Waals surface area contributed by atoms with Crippen molar-refractivity contribution in [2.24, 2.45) is 5.73 Å². The summed E-state index contributed by atoms with van der Waals surface area (Å²) in [6, 6.07) is 7.40. The Bertz CT molecular complexity index is 716. The highest BCUT2D eigenvalue weighted by Gasteiger charge is 2.36. The number of halogens is 2. The molecular formula is C22H32F2N4O2. The van der Waals surface area contributed by atoms with Crippen molar-refractivity contribution in [3.63, 3.8) is 0 Å². The summed E-state index contributed by atoms with van der Waals surface area (Å²) in [5.74, 6) is -2.82. The molecule has 2 heterocycles. The van der Waals surface area contributed by atoms with Crippen LogP contribution >= 0.6 is 0 Å². The molecule has 0 radical (unpaired) electrons. The number of likely N-dealkylation sites (tertiary alicyclic amines) is 1. The Morgan fingerprint density at radius 3 is 2.30 bits per heavy atom. The number of unbranched alkanes of at least 4 members (excludes halogenated alkanes) is 3. The quantitative estimate of drug-likeness (QED) is 0.593. The van der Waals surface area contributed by atoms with Crippen molar-refractivity contribution in [1.82, 2.24) is 10.2 Å². The molecule has 3 N–H and O–H groups in total. The third-order valence-corrected chi connectivity index (χ3v) is 6.05. The third-order valence-electron chi connectivity index (χ3n) is 6.05. The van der Waals surface area contributed by atoms with E-state index >= 15 is 0 Å². The number of amides is 3. The zero-order valence-corrected chi connectivity index (χ0v) is 17.4. The van der Waals surface area contributed by atoms with E-state index in [0.717, 1.165) is 43.4 Å². The number of hydrogen-bond acceptors (Lipinski definition) is 4. The molecule has 1 aromatic rings. The average molecular weight is 423 g/mol. The molecule has 1 unspecified atom stereocenters. The van der Waals surface area contributed by atoms with Crippen molar-refractivity contribution in [2.45, 2.75) is 63.3 Å². The van der Waals surface area contributed by atoms with E-state index in [0.29, 0.717) is 26.2 Å². The lowest BCUT2D eigenvalue weighted by molar-refractivity contribution is -0.120. The van der Waals surface area contributed by atoms with Crippen LogP contribution in [0, 0.1) is 0 Å². The first-order valence-corrected chi connectivity index (χ1v) is 10.9. The van der Waals surface area contributed by atoms with Gasteiger partial charge in [0.1, 0.15) is 0 Å². The van der Waals surface area contributed by atoms with Gasteiger partial charge < -0.3 is 5.73 Å². The first-order chi connectivity index (χ1) is 14.4. The van der Waals surface area contributed by atoms with Gasteiger partial charge >= 0.3 is 6.03 Å². The molecule has 1 atom stereocenters. The molecule has 0 bridgehead atoms. The highest BCUT2D eigenvalue weighted by Crippen LogP contribution is 2.35. The Morgan fingerprint density at radius 1 is 1.00 bits per heavy atom. The van der Waals surface area contributed by atoms with Crippen LogP contribution in [0.3, 0.4) is 0 Å². The normalized spacial score (nSPS) is 20.8. The predicted octanol–water partition coefficient (Wildman–Crippen LogP) is 3.81. The van der Waals surface area contributed by atoms with Crippen molar-refractivity contribution in [3.05, 3.63) is 29.8 Å². The van der Waals surface area contributed by atoms with Crippen LogP contribution in [0.2, 0.25) is 0 Å². The van der Waals surface area contributed by atoms with Gasteiger partial charge in [-0.15, -0.1) is 0 Å². The molecule has 6 nitrogen and oxygen atoms in total. The van der Waals surface area contributed by atoms with Crippen molar-refractivity contribution in [3.8, 4) is 0 Å². The van der Waals surface area contributed by atoms with Crippen LogP contribution in [-0.4, -0.2) is 48.9 Å². The first kappa shape index (κ1) is 22.6. The van der Waals surface area contributed by atoms with E-state index < -0.39 is 12.0 Å². The van der Waals surface area contributed by atoms with E-state index in [4.69, 9.17) is 5.73 Å². The Labute approximate surface area is 176 Å². The standard InChI is InChI=1S/C22H32F2N4O2/c23-22(24)11-15-27(16-12-22)19(5-3-1-2-4-13-25)17-6-8-18(9-7-17)28-14-10-20(29)26-21(28)30/h6-9,19H,1-5,10-16,25H2,(H,26,29,30). The number of alkyl halides is 2. The lowest BCUT2D eigenvalue weighted by Gasteiger charge is -2.38. The summed E-state index contributed by atoms with van der Waals surface area (Å²) < 4.78 is 27.3. The smallest absolute Gasteiger partial charge is 0.328 e. The van der Waals surface area contributed by atoms with Gasteiger partial charge in [-0.3, -0.25) is 19.9 Å². The predicted molar refractivity (Wildman–Crippen MR) is 113 cm³/mol. The molecule has 1 aromatic carbocycles. The number of piperidine rings is 1. The summed E-state index contributed by atoms with van der Waals surface area (Å²) in [5.41, 5.74) is 7.38. The number of nitrogens with zero attached hydrogens (tertiary/aromatic N) is 2. The SMILES string of the molecule is NCCCCCCC(c1ccc(N2CCC(=O)NC2=O)cc1)N1CCC(F)(F)CC1. The van der Waals surface area contributed by atoms with Crippen LogP contribution in [0.5, 0.6) is 0 Å². The number of carbonyl (C=O) groups excluding carboxylic acids is 2. The molecule has 0 aliphatic carbocycles. The number of rotatable bonds is 9. The summed E-state index contributed by atoms with van der Waals surface area (Å²) >= 11 is 0. The number of imide groups is 1. The molecule has 166 valence electrons. The third kappa shape index (κ3) is 5.98. The molecule has 0 aromatic heterocycles. The van der Waals surface area contributed by atoms with Gasteiger partial charge in [-0.2, -0.15) is 0 Å². The van der Waals surface area contributed by atoms with E-state index in [1.165, 1.54) is 0 Å². The number of carbonyl (C=O) groups is 2. The lowest BCUT2D eigenvalue weighted by atomic mass is 9.95. The van der Waals surface area contributed by atoms with Gasteiger partial charge in [0.05, 0.1) is 0 Å². The first-order valence-electron chi connectivity index (χ1n) is 10.9. The molecule has 2 aliphatic rings. The van der Waals surface area contributed by atoms with Crippen molar-refractivity contribution in [2.75, 3.05) is 31.1 Å². The minimum absolute atomic E-state index is 0.0878. The molecule has 2 saturated heterocycles. The van der Waals surface area contributed by atoms with E-state index in [2.05, 4.69) is 10.2 Å². The number of urea groups is 1. The maximum atomic E-state index is 13.7. The number of hydrogen-bond donors (Lipinski definition) is 2. The molecule has 0 saturated carbocycles. The summed E-state index contributed by atoms with van der Waals surface area (Å²) in [5, 5.41) is 2.33. The van der Waals surface area contributed by atoms with Crippen LogP contribution in [0.15, 0.2) is 24.3 Å². The van der Waals surface area contributed by atoms with E-state index in [-0.39, 0.29) is 31.2 Å². The second-order valence-corrected chi connectivity index (χ2v) is 8.25. The minimum Gasteiger partial charge on any atom is -0.330 e. The minimum atomic E-state index is -2.56. The van der Waals surface area contributed by atoms with E-state index in [1.54, 1.807) is 4.90 Å². The molecule has 30 heavy (non-hydrogen) atoms. The van der Waals surface area contributed by atoms with Gasteiger partial charge in [-0.25, -0.2) is 13.6 Å². The highest BCUT2D eigenvalue weighted by atomic mass is 19.3. The van der Waals surface area contributed by atoms with Gasteiger partial charge in [-0.1, -0.05) is 31.4 Å². The number of benzene rings is 1. The monoisotopic (exact) mass is 422 g/mol. The summed E-state index contributed by atoms with van der Waals surface area (Å²) in [7, 11) is 0. The fourth-order valence-corrected chi connectivity index (χ4v) is 4.25. The Balaban J connectivity index is 1.68. The Morgan fingerprint density at radius 2 is 1.67 bits per heavy atom. The second-order valence-electron chi connectivity index (χ2n) is 8.25. The van der Waals surface area contributed by atoms with Gasteiger partial charge in [-0.05, 0) is 37.1 Å². The number of anilines is 1. The number of nitrogens with two attached hydrogens (primary N) is 1. The van der Waals surface area contributed by atoms with Crippen LogP contribution in [0.4, 0.5) is 19.3 Å². The summed E-state index contributed by atoms with van der Waals surface area (Å²) in [6.07, 6.45) is 5.19. The molecule has 2 fully saturated rings. The molecular weight excluding hydrogens is 390 g/mol. The van der Waals surface area contributed by atoms with Crippen molar-refractivity contribution < 1.29 is 18.4 Å². The highest BCUT2D eigenvalue weighted by molar-refractivity contribution is 6.05. The van der Waals surface area contributed by atoms with E-state index in [1.807, 2.05) is 24.3 Å². The average Bonchev–Trinajstić information content (AvgIpc) is 2.72. The molecule has 0 spiro atoms. The lowest BCUT2D eigenvalue weighted by Crippen LogP contribution is -2.49. The summed E-state index contributed by atoms with van der Waals surface area (Å²) in [4.78, 5) is 27.1. The van der Waals surface area contributed by atoms with Gasteiger partial charge in [0.15, 0.2) is 0 Å². The maximum absolute atomic E-state index is 13.7. The fourth-order valence-electron chi connectivity index (χ4n) is 4.25. The van der Waals surface area contributed by atoms with Crippen LogP contribution in [-0.2, 0) is 4.79 Å². The van der Waals surface area contributed by atoms with Crippen molar-refractivity contribution in [1.29, 1.82) is 0 Å². The molecule has 8 heteroatoms. The van der Waals surface area contributed by atoms with Crippen LogP contribution in [0.25, 0.3) is 0 Å². The van der Waals surface area contributed by atoms with E-state index in [9.17, 15) is 18.4 Å². The number of nitrogens with one attached hydrogen (secondary N) is 1. The fraction of sp³-hybridized carbons (Fsp3) is 0.636. The largest absolute Gasteiger partial charge is 0.330 e. The maximum Gasteiger partial charge on any atom is 0.328 e. The molecule has 3 amide bonds. The van der Waals surface area contributed by atoms with Crippen LogP contribution < -0.4 is 16.0 Å². The van der Waals surface area contributed by atoms with Crippen LogP contribution in [0.1, 0.15) is 63.0 Å². The van der Waals surface area contributed by atoms with Crippen molar-refractivity contribution >= 4 is 17.6 Å². The molecule has 2 aliphatic heterocycles. The Hall–Kier alpha value is -2.06. The zero-order chi connectivity index (χ0) is 21.6.